The SMILES string of the molecule is O=C(Nc1ccc(N2CCOCC2)cn1)c1cc2cc(Cl)ccc2o1. The van der Waals surface area contributed by atoms with Gasteiger partial charge in [-0.25, -0.2) is 4.98 Å². The van der Waals surface area contributed by atoms with Crippen LogP contribution in [0.5, 0.6) is 0 Å². The topological polar surface area (TPSA) is 67.6 Å². The Balaban J connectivity index is 1.47. The van der Waals surface area contributed by atoms with Gasteiger partial charge in [0.2, 0.25) is 0 Å². The van der Waals surface area contributed by atoms with Crippen molar-refractivity contribution in [1.82, 2.24) is 4.98 Å². The molecule has 1 amide bonds. The number of aromatic nitrogens is 1. The number of benzene rings is 1. The van der Waals surface area contributed by atoms with Gasteiger partial charge in [-0.2, -0.15) is 0 Å². The Morgan fingerprint density at radius 3 is 2.76 bits per heavy atom. The van der Waals surface area contributed by atoms with Gasteiger partial charge in [-0.05, 0) is 36.4 Å². The van der Waals surface area contributed by atoms with Gasteiger partial charge in [0.15, 0.2) is 5.76 Å². The number of morpholine rings is 1. The fourth-order valence-electron chi connectivity index (χ4n) is 2.77. The zero-order valence-electron chi connectivity index (χ0n) is 13.4. The van der Waals surface area contributed by atoms with Gasteiger partial charge in [-0.15, -0.1) is 0 Å². The van der Waals surface area contributed by atoms with Gasteiger partial charge in [0.1, 0.15) is 11.4 Å². The molecule has 0 unspecified atom stereocenters. The van der Waals surface area contributed by atoms with Crippen LogP contribution in [-0.4, -0.2) is 37.2 Å². The molecule has 4 rings (SSSR count). The standard InChI is InChI=1S/C18H16ClN3O3/c19-13-1-3-15-12(9-13)10-16(25-15)18(23)21-17-4-2-14(11-20-17)22-5-7-24-8-6-22/h1-4,9-11H,5-8H2,(H,20,21,23). The smallest absolute Gasteiger partial charge is 0.292 e. The summed E-state index contributed by atoms with van der Waals surface area (Å²) >= 11 is 5.95. The Hall–Kier alpha value is -2.57. The van der Waals surface area contributed by atoms with Gasteiger partial charge < -0.3 is 19.4 Å². The minimum absolute atomic E-state index is 0.219. The third kappa shape index (κ3) is 3.45. The molecule has 7 heteroatoms. The maximum atomic E-state index is 12.4. The normalized spacial score (nSPS) is 14.7. The Morgan fingerprint density at radius 1 is 1.16 bits per heavy atom. The van der Waals surface area contributed by atoms with Gasteiger partial charge in [-0.3, -0.25) is 4.79 Å². The van der Waals surface area contributed by atoms with Crippen molar-refractivity contribution >= 4 is 40.0 Å². The number of carbonyl (C=O) groups excluding carboxylic acids is 1. The summed E-state index contributed by atoms with van der Waals surface area (Å²) in [5.74, 6) is 0.343. The fourth-order valence-corrected chi connectivity index (χ4v) is 2.95. The van der Waals surface area contributed by atoms with Gasteiger partial charge >= 0.3 is 0 Å². The number of fused-ring (bicyclic) bond motifs is 1. The van der Waals surface area contributed by atoms with Crippen LogP contribution in [-0.2, 0) is 4.74 Å². The van der Waals surface area contributed by atoms with Crippen LogP contribution in [0.1, 0.15) is 10.6 Å². The zero-order valence-corrected chi connectivity index (χ0v) is 14.1. The van der Waals surface area contributed by atoms with E-state index in [-0.39, 0.29) is 11.7 Å². The summed E-state index contributed by atoms with van der Waals surface area (Å²) in [6.45, 7) is 3.12. The Kier molecular flexibility index (Phi) is 4.29. The predicted molar refractivity (Wildman–Crippen MR) is 96.4 cm³/mol. The first-order valence-electron chi connectivity index (χ1n) is 7.98. The second-order valence-corrected chi connectivity index (χ2v) is 6.18. The number of carbonyl (C=O) groups is 1. The molecule has 1 N–H and O–H groups in total. The second kappa shape index (κ2) is 6.74. The summed E-state index contributed by atoms with van der Waals surface area (Å²) in [4.78, 5) is 18.9. The van der Waals surface area contributed by atoms with E-state index in [1.807, 2.05) is 6.07 Å². The van der Waals surface area contributed by atoms with E-state index in [0.717, 1.165) is 24.2 Å². The van der Waals surface area contributed by atoms with E-state index in [1.54, 1.807) is 36.5 Å². The van der Waals surface area contributed by atoms with Crippen LogP contribution in [0.4, 0.5) is 11.5 Å². The summed E-state index contributed by atoms with van der Waals surface area (Å²) in [5.41, 5.74) is 1.63. The van der Waals surface area contributed by atoms with Gasteiger partial charge in [0.05, 0.1) is 25.1 Å². The molecule has 1 fully saturated rings. The molecule has 0 atom stereocenters. The number of rotatable bonds is 3. The number of ether oxygens (including phenoxy) is 1. The number of hydrogen-bond acceptors (Lipinski definition) is 5. The molecule has 2 aromatic heterocycles. The van der Waals surface area contributed by atoms with Crippen LogP contribution in [0.3, 0.4) is 0 Å². The molecule has 0 aliphatic carbocycles. The lowest BCUT2D eigenvalue weighted by atomic mass is 10.2. The lowest BCUT2D eigenvalue weighted by molar-refractivity contribution is 0.0998. The molecule has 128 valence electrons. The third-order valence-electron chi connectivity index (χ3n) is 4.07. The van der Waals surface area contributed by atoms with E-state index >= 15 is 0 Å². The fraction of sp³-hybridized carbons (Fsp3) is 0.222. The average molecular weight is 358 g/mol. The van der Waals surface area contributed by atoms with Crippen molar-refractivity contribution in [1.29, 1.82) is 0 Å². The summed E-state index contributed by atoms with van der Waals surface area (Å²) in [7, 11) is 0. The van der Waals surface area contributed by atoms with Crippen molar-refractivity contribution in [3.8, 4) is 0 Å². The summed E-state index contributed by atoms with van der Waals surface area (Å²) in [6.07, 6.45) is 1.75. The maximum absolute atomic E-state index is 12.4. The average Bonchev–Trinajstić information content (AvgIpc) is 3.06. The molecule has 3 aromatic rings. The molecule has 1 aliphatic rings. The highest BCUT2D eigenvalue weighted by Crippen LogP contribution is 2.24. The van der Waals surface area contributed by atoms with E-state index in [0.29, 0.717) is 29.6 Å². The Morgan fingerprint density at radius 2 is 2.00 bits per heavy atom. The minimum atomic E-state index is -0.348. The highest BCUT2D eigenvalue weighted by Gasteiger charge is 2.15. The third-order valence-corrected chi connectivity index (χ3v) is 4.30. The molecule has 1 aromatic carbocycles. The van der Waals surface area contributed by atoms with Crippen molar-refractivity contribution in [2.24, 2.45) is 0 Å². The maximum Gasteiger partial charge on any atom is 0.292 e. The number of amides is 1. The van der Waals surface area contributed by atoms with E-state index in [1.165, 1.54) is 0 Å². The molecule has 0 saturated carbocycles. The Bertz CT molecular complexity index is 902. The van der Waals surface area contributed by atoms with E-state index in [4.69, 9.17) is 20.8 Å². The lowest BCUT2D eigenvalue weighted by Gasteiger charge is -2.28. The number of pyridine rings is 1. The molecule has 6 nitrogen and oxygen atoms in total. The predicted octanol–water partition coefficient (Wildman–Crippen LogP) is 3.57. The number of nitrogens with one attached hydrogen (secondary N) is 1. The molecule has 1 aliphatic heterocycles. The van der Waals surface area contributed by atoms with Crippen molar-refractivity contribution in [2.75, 3.05) is 36.5 Å². The van der Waals surface area contributed by atoms with E-state index in [9.17, 15) is 4.79 Å². The van der Waals surface area contributed by atoms with Crippen molar-refractivity contribution in [3.63, 3.8) is 0 Å². The first-order valence-corrected chi connectivity index (χ1v) is 8.36. The monoisotopic (exact) mass is 357 g/mol. The van der Waals surface area contributed by atoms with Crippen LogP contribution < -0.4 is 10.2 Å². The first-order chi connectivity index (χ1) is 12.2. The molecular formula is C18H16ClN3O3. The molecular weight excluding hydrogens is 342 g/mol. The highest BCUT2D eigenvalue weighted by atomic mass is 35.5. The molecule has 0 spiro atoms. The quantitative estimate of drug-likeness (QED) is 0.776. The van der Waals surface area contributed by atoms with E-state index in [2.05, 4.69) is 15.2 Å². The van der Waals surface area contributed by atoms with Crippen LogP contribution >= 0.6 is 11.6 Å². The molecule has 1 saturated heterocycles. The lowest BCUT2D eigenvalue weighted by Crippen LogP contribution is -2.36. The second-order valence-electron chi connectivity index (χ2n) is 5.75. The van der Waals surface area contributed by atoms with Crippen molar-refractivity contribution in [3.05, 3.63) is 53.4 Å². The number of hydrogen-bond donors (Lipinski definition) is 1. The van der Waals surface area contributed by atoms with Crippen molar-refractivity contribution < 1.29 is 13.9 Å². The summed E-state index contributed by atoms with van der Waals surface area (Å²) in [5, 5.41) is 4.13. The van der Waals surface area contributed by atoms with Crippen LogP contribution in [0, 0.1) is 0 Å². The summed E-state index contributed by atoms with van der Waals surface area (Å²) < 4.78 is 10.9. The van der Waals surface area contributed by atoms with Gasteiger partial charge in [0, 0.05) is 23.5 Å². The van der Waals surface area contributed by atoms with Gasteiger partial charge in [0.25, 0.3) is 5.91 Å². The molecule has 0 radical (unpaired) electrons. The Labute approximate surface area is 149 Å². The van der Waals surface area contributed by atoms with Gasteiger partial charge in [-0.1, -0.05) is 11.6 Å². The van der Waals surface area contributed by atoms with Crippen LogP contribution in [0.2, 0.25) is 5.02 Å². The number of nitrogens with zero attached hydrogens (tertiary/aromatic N) is 2. The number of anilines is 2. The van der Waals surface area contributed by atoms with Crippen LogP contribution in [0.25, 0.3) is 11.0 Å². The van der Waals surface area contributed by atoms with Crippen LogP contribution in [0.15, 0.2) is 47.0 Å². The number of halogens is 1. The van der Waals surface area contributed by atoms with Crippen molar-refractivity contribution in [2.45, 2.75) is 0 Å². The highest BCUT2D eigenvalue weighted by molar-refractivity contribution is 6.31. The number of furan rings is 1. The minimum Gasteiger partial charge on any atom is -0.451 e. The van der Waals surface area contributed by atoms with E-state index < -0.39 is 0 Å². The molecule has 25 heavy (non-hydrogen) atoms. The molecule has 0 bridgehead atoms. The molecule has 3 heterocycles. The summed E-state index contributed by atoms with van der Waals surface area (Å²) in [6, 6.07) is 10.6. The zero-order chi connectivity index (χ0) is 17.2. The first kappa shape index (κ1) is 15.9. The largest absolute Gasteiger partial charge is 0.451 e.